The Bertz CT molecular complexity index is 902. The molecule has 0 aliphatic carbocycles. The van der Waals surface area contributed by atoms with Crippen LogP contribution in [0.4, 0.5) is 0 Å². The van der Waals surface area contributed by atoms with Crippen molar-refractivity contribution in [1.29, 1.82) is 0 Å². The zero-order valence-electron chi connectivity index (χ0n) is 15.1. The molecule has 2 aromatic carbocycles. The number of phenolic OH excluding ortho intramolecular Hbond substituents is 3. The third-order valence-corrected chi connectivity index (χ3v) is 4.80. The van der Waals surface area contributed by atoms with E-state index in [2.05, 4.69) is 0 Å². The Morgan fingerprint density at radius 3 is 2.00 bits per heavy atom. The van der Waals surface area contributed by atoms with Crippen molar-refractivity contribution in [3.05, 3.63) is 46.5 Å². The molecule has 8 nitrogen and oxygen atoms in total. The maximum atomic E-state index is 12.8. The Balaban J connectivity index is 1.70. The maximum Gasteiger partial charge on any atom is 0.257 e. The van der Waals surface area contributed by atoms with Gasteiger partial charge in [0.25, 0.3) is 11.8 Å². The fourth-order valence-corrected chi connectivity index (χ4v) is 3.21. The van der Waals surface area contributed by atoms with E-state index in [9.17, 15) is 24.9 Å². The first kappa shape index (κ1) is 19.6. The molecule has 28 heavy (non-hydrogen) atoms. The second-order valence-electron chi connectivity index (χ2n) is 6.29. The minimum Gasteiger partial charge on any atom is -0.504 e. The Morgan fingerprint density at radius 2 is 1.46 bits per heavy atom. The summed E-state index contributed by atoms with van der Waals surface area (Å²) in [4.78, 5) is 28.5. The highest BCUT2D eigenvalue weighted by Gasteiger charge is 2.28. The summed E-state index contributed by atoms with van der Waals surface area (Å²) in [6.45, 7) is 1.15. The average molecular weight is 407 g/mol. The fourth-order valence-electron chi connectivity index (χ4n) is 3.04. The molecule has 0 bridgehead atoms. The van der Waals surface area contributed by atoms with Crippen LogP contribution >= 0.6 is 11.6 Å². The van der Waals surface area contributed by atoms with Gasteiger partial charge < -0.3 is 29.9 Å². The van der Waals surface area contributed by atoms with Crippen LogP contribution in [0, 0.1) is 0 Å². The number of benzene rings is 2. The number of rotatable bonds is 3. The van der Waals surface area contributed by atoms with Crippen molar-refractivity contribution in [3.8, 4) is 23.0 Å². The highest BCUT2D eigenvalue weighted by Crippen LogP contribution is 2.35. The molecule has 148 valence electrons. The minimum atomic E-state index is -0.678. The monoisotopic (exact) mass is 406 g/mol. The number of hydrogen-bond donors (Lipinski definition) is 3. The first-order valence-corrected chi connectivity index (χ1v) is 8.86. The van der Waals surface area contributed by atoms with Crippen LogP contribution in [-0.4, -0.2) is 70.2 Å². The molecule has 3 N–H and O–H groups in total. The van der Waals surface area contributed by atoms with E-state index >= 15 is 0 Å². The van der Waals surface area contributed by atoms with Crippen LogP contribution in [0.5, 0.6) is 23.0 Å². The fraction of sp³-hybridized carbons (Fsp3) is 0.263. The number of halogens is 1. The van der Waals surface area contributed by atoms with E-state index in [1.54, 1.807) is 23.1 Å². The molecule has 1 saturated heterocycles. The number of carbonyl (C=O) groups excluding carboxylic acids is 2. The molecule has 0 saturated carbocycles. The third-order valence-electron chi connectivity index (χ3n) is 4.56. The summed E-state index contributed by atoms with van der Waals surface area (Å²) >= 11 is 5.99. The van der Waals surface area contributed by atoms with E-state index in [1.165, 1.54) is 12.0 Å². The summed E-state index contributed by atoms with van der Waals surface area (Å²) in [5, 5.41) is 29.0. The highest BCUT2D eigenvalue weighted by molar-refractivity contribution is 6.31. The lowest BCUT2D eigenvalue weighted by molar-refractivity contribution is 0.0533. The Hall–Kier alpha value is -3.13. The lowest BCUT2D eigenvalue weighted by atomic mass is 10.1. The Morgan fingerprint density at radius 1 is 0.929 bits per heavy atom. The van der Waals surface area contributed by atoms with Gasteiger partial charge in [0.2, 0.25) is 0 Å². The zero-order valence-corrected chi connectivity index (χ0v) is 15.8. The van der Waals surface area contributed by atoms with Gasteiger partial charge in [-0.1, -0.05) is 11.6 Å². The van der Waals surface area contributed by atoms with Gasteiger partial charge in [-0.2, -0.15) is 0 Å². The summed E-state index contributed by atoms with van der Waals surface area (Å²) < 4.78 is 5.22. The topological polar surface area (TPSA) is 111 Å². The van der Waals surface area contributed by atoms with Crippen LogP contribution in [0.2, 0.25) is 5.02 Å². The van der Waals surface area contributed by atoms with Crippen LogP contribution in [0.1, 0.15) is 20.7 Å². The first-order valence-electron chi connectivity index (χ1n) is 8.49. The largest absolute Gasteiger partial charge is 0.504 e. The molecule has 3 rings (SSSR count). The van der Waals surface area contributed by atoms with Gasteiger partial charge in [0, 0.05) is 36.8 Å². The number of hydrogen-bond acceptors (Lipinski definition) is 6. The minimum absolute atomic E-state index is 0.0455. The van der Waals surface area contributed by atoms with Crippen molar-refractivity contribution in [2.45, 2.75) is 0 Å². The number of phenols is 3. The second kappa shape index (κ2) is 7.85. The average Bonchev–Trinajstić information content (AvgIpc) is 2.70. The van der Waals surface area contributed by atoms with Crippen LogP contribution in [0.25, 0.3) is 0 Å². The zero-order chi connectivity index (χ0) is 20.4. The number of carbonyl (C=O) groups is 2. The van der Waals surface area contributed by atoms with Gasteiger partial charge >= 0.3 is 0 Å². The SMILES string of the molecule is COc1ccc(Cl)cc1C(=O)N1CCN(C(=O)c2cc(O)c(O)c(O)c2)CC1. The summed E-state index contributed by atoms with van der Waals surface area (Å²) in [5.41, 5.74) is 0.396. The molecule has 9 heteroatoms. The van der Waals surface area contributed by atoms with Crippen molar-refractivity contribution in [2.24, 2.45) is 0 Å². The Labute approximate surface area is 166 Å². The summed E-state index contributed by atoms with van der Waals surface area (Å²) in [5.74, 6) is -2.08. The molecule has 0 unspecified atom stereocenters. The van der Waals surface area contributed by atoms with E-state index in [4.69, 9.17) is 16.3 Å². The van der Waals surface area contributed by atoms with Crippen LogP contribution in [0.3, 0.4) is 0 Å². The van der Waals surface area contributed by atoms with Gasteiger partial charge in [0.1, 0.15) is 5.75 Å². The molecule has 2 aromatic rings. The van der Waals surface area contributed by atoms with Crippen molar-refractivity contribution in [1.82, 2.24) is 9.80 Å². The van der Waals surface area contributed by atoms with Gasteiger partial charge in [-0.3, -0.25) is 9.59 Å². The summed E-state index contributed by atoms with van der Waals surface area (Å²) in [7, 11) is 1.47. The van der Waals surface area contributed by atoms with Gasteiger partial charge in [-0.05, 0) is 30.3 Å². The van der Waals surface area contributed by atoms with E-state index in [0.29, 0.717) is 29.4 Å². The van der Waals surface area contributed by atoms with Crippen molar-refractivity contribution in [3.63, 3.8) is 0 Å². The number of aromatic hydroxyl groups is 3. The third kappa shape index (κ3) is 3.77. The van der Waals surface area contributed by atoms with E-state index in [1.807, 2.05) is 0 Å². The Kier molecular flexibility index (Phi) is 5.51. The molecule has 1 aliphatic heterocycles. The quantitative estimate of drug-likeness (QED) is 0.673. The molecular formula is C19H19ClN2O6. The van der Waals surface area contributed by atoms with E-state index < -0.39 is 23.2 Å². The number of ether oxygens (including phenoxy) is 1. The predicted octanol–water partition coefficient (Wildman–Crippen LogP) is 2.06. The number of piperazine rings is 1. The van der Waals surface area contributed by atoms with E-state index in [0.717, 1.165) is 12.1 Å². The van der Waals surface area contributed by atoms with Gasteiger partial charge in [-0.25, -0.2) is 0 Å². The van der Waals surface area contributed by atoms with Crippen LogP contribution in [0.15, 0.2) is 30.3 Å². The first-order chi connectivity index (χ1) is 13.3. The number of methoxy groups -OCH3 is 1. The molecule has 1 aliphatic rings. The predicted molar refractivity (Wildman–Crippen MR) is 101 cm³/mol. The smallest absolute Gasteiger partial charge is 0.257 e. The van der Waals surface area contributed by atoms with E-state index in [-0.39, 0.29) is 24.6 Å². The number of amides is 2. The molecule has 1 fully saturated rings. The van der Waals surface area contributed by atoms with Gasteiger partial charge in [0.15, 0.2) is 17.2 Å². The van der Waals surface area contributed by atoms with Gasteiger partial charge in [0.05, 0.1) is 12.7 Å². The molecule has 0 radical (unpaired) electrons. The van der Waals surface area contributed by atoms with Crippen LogP contribution < -0.4 is 4.74 Å². The lowest BCUT2D eigenvalue weighted by Gasteiger charge is -2.35. The maximum absolute atomic E-state index is 12.8. The summed E-state index contributed by atoms with van der Waals surface area (Å²) in [6, 6.07) is 6.98. The van der Waals surface area contributed by atoms with Crippen LogP contribution in [-0.2, 0) is 0 Å². The molecule has 0 aromatic heterocycles. The lowest BCUT2D eigenvalue weighted by Crippen LogP contribution is -2.50. The standard InChI is InChI=1S/C19H19ClN2O6/c1-28-16-3-2-12(20)10-13(16)19(27)22-6-4-21(5-7-22)18(26)11-8-14(23)17(25)15(24)9-11/h2-3,8-10,23-25H,4-7H2,1H3. The van der Waals surface area contributed by atoms with Crippen molar-refractivity contribution < 1.29 is 29.6 Å². The highest BCUT2D eigenvalue weighted by atomic mass is 35.5. The molecule has 0 atom stereocenters. The molecule has 2 amide bonds. The van der Waals surface area contributed by atoms with Gasteiger partial charge in [-0.15, -0.1) is 0 Å². The molecule has 1 heterocycles. The number of nitrogens with zero attached hydrogens (tertiary/aromatic N) is 2. The molecular weight excluding hydrogens is 388 g/mol. The normalized spacial score (nSPS) is 14.1. The second-order valence-corrected chi connectivity index (χ2v) is 6.73. The molecule has 0 spiro atoms. The summed E-state index contributed by atoms with van der Waals surface area (Å²) in [6.07, 6.45) is 0. The van der Waals surface area contributed by atoms with Crippen molar-refractivity contribution >= 4 is 23.4 Å². The van der Waals surface area contributed by atoms with Crippen molar-refractivity contribution in [2.75, 3.05) is 33.3 Å².